The Balaban J connectivity index is 4.14. The van der Waals surface area contributed by atoms with Crippen LogP contribution in [0.15, 0.2) is 158 Å². The largest absolute Gasteiger partial charge is 0.756 e. The lowest BCUT2D eigenvalue weighted by Gasteiger charge is -2.28. The predicted octanol–water partition coefficient (Wildman–Crippen LogP) is 22.5. The lowest BCUT2D eigenvalue weighted by molar-refractivity contribution is -0.870. The standard InChI is InChI=1S/C78H130NO8P/c1-6-8-10-12-14-16-18-20-22-24-26-28-30-31-32-33-34-35-36-37-38-39-40-41-42-43-44-45-46-47-49-51-53-55-57-59-61-63-65-67-69-71-78(81)87-76(75-86-88(82,83)85-73-72-79(3,4)5)74-84-77(80)70-68-66-64-62-60-58-56-54-52-50-48-29-27-25-23-21-19-17-15-13-11-9-7-2/h8,10,14,16,19-22,25-28,31-32,34-35,37-38,40-41,43-44,46-47,51,53,76H,6-7,9,11-13,15,17-18,23-24,29-30,33,36,39,42,45,48-50,52,54-75H2,1-5H3/b10-8-,16-14-,21-19-,22-20-,27-25-,28-26-,32-31-,35-34-,38-37-,41-40-,44-43-,47-46-,53-51-. The predicted molar refractivity (Wildman–Crippen MR) is 378 cm³/mol. The molecule has 0 aromatic rings. The minimum Gasteiger partial charge on any atom is -0.756 e. The molecule has 2 unspecified atom stereocenters. The van der Waals surface area contributed by atoms with Gasteiger partial charge in [0.1, 0.15) is 19.8 Å². The van der Waals surface area contributed by atoms with Crippen LogP contribution in [0, 0.1) is 0 Å². The second kappa shape index (κ2) is 67.0. The first-order valence-electron chi connectivity index (χ1n) is 35.2. The molecule has 0 aromatic heterocycles. The molecule has 0 amide bonds. The average molecular weight is 1240 g/mol. The molecule has 0 aliphatic heterocycles. The van der Waals surface area contributed by atoms with Gasteiger partial charge < -0.3 is 27.9 Å². The van der Waals surface area contributed by atoms with Crippen molar-refractivity contribution in [3.63, 3.8) is 0 Å². The molecular weight excluding hydrogens is 1110 g/mol. The number of carbonyl (C=O) groups excluding carboxylic acids is 2. The van der Waals surface area contributed by atoms with Crippen molar-refractivity contribution in [1.29, 1.82) is 0 Å². The summed E-state index contributed by atoms with van der Waals surface area (Å²) in [4.78, 5) is 38.0. The third-order valence-electron chi connectivity index (χ3n) is 14.5. The maximum absolute atomic E-state index is 12.9. The van der Waals surface area contributed by atoms with Gasteiger partial charge in [0, 0.05) is 12.8 Å². The number of phosphoric ester groups is 1. The molecule has 0 spiro atoms. The van der Waals surface area contributed by atoms with Crippen LogP contribution in [0.3, 0.4) is 0 Å². The molecule has 10 heteroatoms. The van der Waals surface area contributed by atoms with Crippen LogP contribution in [0.1, 0.15) is 271 Å². The van der Waals surface area contributed by atoms with E-state index in [4.69, 9.17) is 18.5 Å². The third-order valence-corrected chi connectivity index (χ3v) is 15.5. The summed E-state index contributed by atoms with van der Waals surface area (Å²) in [5, 5.41) is 0. The zero-order valence-corrected chi connectivity index (χ0v) is 57.8. The molecule has 0 heterocycles. The van der Waals surface area contributed by atoms with Crippen LogP contribution in [-0.2, 0) is 32.7 Å². The summed E-state index contributed by atoms with van der Waals surface area (Å²) >= 11 is 0. The highest BCUT2D eigenvalue weighted by Crippen LogP contribution is 2.38. The molecular formula is C78H130NO8P. The molecule has 2 atom stereocenters. The van der Waals surface area contributed by atoms with Gasteiger partial charge in [-0.25, -0.2) is 0 Å². The molecule has 9 nitrogen and oxygen atoms in total. The molecule has 0 N–H and O–H groups in total. The topological polar surface area (TPSA) is 111 Å². The number of rotatable bonds is 63. The van der Waals surface area contributed by atoms with Gasteiger partial charge in [0.05, 0.1) is 27.7 Å². The maximum Gasteiger partial charge on any atom is 0.306 e. The van der Waals surface area contributed by atoms with Gasteiger partial charge in [-0.15, -0.1) is 0 Å². The van der Waals surface area contributed by atoms with Crippen LogP contribution in [0.2, 0.25) is 0 Å². The maximum atomic E-state index is 12.9. The van der Waals surface area contributed by atoms with Gasteiger partial charge in [-0.05, 0) is 128 Å². The van der Waals surface area contributed by atoms with Crippen molar-refractivity contribution < 1.29 is 42.1 Å². The van der Waals surface area contributed by atoms with Crippen molar-refractivity contribution in [2.75, 3.05) is 47.5 Å². The van der Waals surface area contributed by atoms with Gasteiger partial charge in [0.2, 0.25) is 0 Å². The van der Waals surface area contributed by atoms with Gasteiger partial charge in [0.25, 0.3) is 7.82 Å². The molecule has 0 aliphatic carbocycles. The molecule has 0 fully saturated rings. The van der Waals surface area contributed by atoms with E-state index in [1.54, 1.807) is 0 Å². The van der Waals surface area contributed by atoms with Gasteiger partial charge in [-0.1, -0.05) is 287 Å². The summed E-state index contributed by atoms with van der Waals surface area (Å²) in [5.41, 5.74) is 0. The van der Waals surface area contributed by atoms with Gasteiger partial charge in [-0.2, -0.15) is 0 Å². The number of ether oxygens (including phenoxy) is 2. The van der Waals surface area contributed by atoms with E-state index in [1.165, 1.54) is 103 Å². The minimum atomic E-state index is -4.66. The number of carbonyl (C=O) groups is 2. The van der Waals surface area contributed by atoms with Crippen LogP contribution < -0.4 is 4.89 Å². The highest BCUT2D eigenvalue weighted by molar-refractivity contribution is 7.45. The molecule has 0 bridgehead atoms. The van der Waals surface area contributed by atoms with Crippen molar-refractivity contribution in [2.24, 2.45) is 0 Å². The summed E-state index contributed by atoms with van der Waals surface area (Å²) in [5.74, 6) is -0.854. The molecule has 0 radical (unpaired) electrons. The number of nitrogens with zero attached hydrogens (tertiary/aromatic N) is 1. The van der Waals surface area contributed by atoms with Gasteiger partial charge >= 0.3 is 11.9 Å². The first-order valence-corrected chi connectivity index (χ1v) is 36.7. The number of phosphoric acid groups is 1. The molecule has 0 saturated heterocycles. The Morgan fingerprint density at radius 2 is 0.648 bits per heavy atom. The summed E-state index contributed by atoms with van der Waals surface area (Å²) in [6.45, 7) is 4.10. The lowest BCUT2D eigenvalue weighted by Crippen LogP contribution is -2.37. The van der Waals surface area contributed by atoms with Crippen molar-refractivity contribution in [1.82, 2.24) is 0 Å². The van der Waals surface area contributed by atoms with E-state index in [1.807, 2.05) is 21.1 Å². The minimum absolute atomic E-state index is 0.0409. The van der Waals surface area contributed by atoms with E-state index in [-0.39, 0.29) is 26.1 Å². The van der Waals surface area contributed by atoms with Crippen LogP contribution >= 0.6 is 7.82 Å². The fourth-order valence-corrected chi connectivity index (χ4v) is 9.89. The molecule has 0 rings (SSSR count). The van der Waals surface area contributed by atoms with E-state index < -0.39 is 32.5 Å². The van der Waals surface area contributed by atoms with E-state index >= 15 is 0 Å². The Hall–Kier alpha value is -4.37. The van der Waals surface area contributed by atoms with E-state index in [0.29, 0.717) is 17.4 Å². The number of hydrogen-bond acceptors (Lipinski definition) is 8. The normalized spacial score (nSPS) is 14.1. The van der Waals surface area contributed by atoms with Gasteiger partial charge in [0.15, 0.2) is 6.10 Å². The second-order valence-corrected chi connectivity index (χ2v) is 25.6. The number of unbranched alkanes of at least 4 members (excludes halogenated alkanes) is 23. The monoisotopic (exact) mass is 1240 g/mol. The van der Waals surface area contributed by atoms with E-state index in [0.717, 1.165) is 135 Å². The molecule has 88 heavy (non-hydrogen) atoms. The van der Waals surface area contributed by atoms with E-state index in [9.17, 15) is 19.0 Å². The first-order chi connectivity index (χ1) is 43.0. The van der Waals surface area contributed by atoms with Crippen molar-refractivity contribution in [3.8, 4) is 0 Å². The van der Waals surface area contributed by atoms with Crippen molar-refractivity contribution in [3.05, 3.63) is 158 Å². The molecule has 500 valence electrons. The number of hydrogen-bond donors (Lipinski definition) is 0. The fourth-order valence-electron chi connectivity index (χ4n) is 9.16. The fraction of sp³-hybridized carbons (Fsp3) is 0.641. The average Bonchev–Trinajstić information content (AvgIpc) is 3.58. The highest BCUT2D eigenvalue weighted by atomic mass is 31.2. The third kappa shape index (κ3) is 70.7. The highest BCUT2D eigenvalue weighted by Gasteiger charge is 2.22. The van der Waals surface area contributed by atoms with Crippen LogP contribution in [0.25, 0.3) is 0 Å². The zero-order chi connectivity index (χ0) is 64.1. The van der Waals surface area contributed by atoms with Gasteiger partial charge in [-0.3, -0.25) is 14.2 Å². The summed E-state index contributed by atoms with van der Waals surface area (Å²) in [6.07, 6.45) is 100. The molecule has 0 aliphatic rings. The molecule has 0 aromatic carbocycles. The smallest absolute Gasteiger partial charge is 0.306 e. The Labute approximate surface area is 541 Å². The summed E-state index contributed by atoms with van der Waals surface area (Å²) in [6, 6.07) is 0. The lowest BCUT2D eigenvalue weighted by atomic mass is 10.0. The summed E-state index contributed by atoms with van der Waals surface area (Å²) in [7, 11) is 1.14. The quantitative estimate of drug-likeness (QED) is 0.0195. The Bertz CT molecular complexity index is 2040. The Morgan fingerprint density at radius 1 is 0.364 bits per heavy atom. The first kappa shape index (κ1) is 83.6. The number of esters is 2. The van der Waals surface area contributed by atoms with E-state index in [2.05, 4.69) is 172 Å². The number of allylic oxidation sites excluding steroid dienone is 26. The number of quaternary nitrogens is 1. The van der Waals surface area contributed by atoms with Crippen LogP contribution in [0.5, 0.6) is 0 Å². The van der Waals surface area contributed by atoms with Crippen LogP contribution in [-0.4, -0.2) is 70.0 Å². The molecule has 0 saturated carbocycles. The Morgan fingerprint density at radius 3 is 0.966 bits per heavy atom. The SMILES string of the molecule is CC/C=C\C/C=C\C/C=C\C/C=C\C/C=C\C/C=C\C/C=C\C/C=C\C/C=C\C/C=C\C/C=C\CCCCCCCCCC(=O)OC(COC(=O)CCCCCCCCCCCCC/C=C\C/C=C\CCCCCCC)COP(=O)([O-])OCC[N+](C)(C)C. The zero-order valence-electron chi connectivity index (χ0n) is 56.9. The van der Waals surface area contributed by atoms with Crippen LogP contribution in [0.4, 0.5) is 0 Å². The van der Waals surface area contributed by atoms with Crippen molar-refractivity contribution >= 4 is 19.8 Å². The number of likely N-dealkylation sites (N-methyl/N-ethyl adjacent to an activating group) is 1. The second-order valence-electron chi connectivity index (χ2n) is 24.2. The Kier molecular flexibility index (Phi) is 63.7. The summed E-state index contributed by atoms with van der Waals surface area (Å²) < 4.78 is 34.3. The van der Waals surface area contributed by atoms with Crippen molar-refractivity contribution in [2.45, 2.75) is 277 Å².